The number of rotatable bonds is 2. The molecule has 9 heteroatoms. The Labute approximate surface area is 106 Å². The Morgan fingerprint density at radius 1 is 1.67 bits per heavy atom. The number of amidine groups is 1. The van der Waals surface area contributed by atoms with Crippen LogP contribution in [0.25, 0.3) is 0 Å². The van der Waals surface area contributed by atoms with Gasteiger partial charge in [-0.15, -0.1) is 5.48 Å². The zero-order valence-electron chi connectivity index (χ0n) is 8.89. The number of oxime groups is 1. The van der Waals surface area contributed by atoms with Gasteiger partial charge in [0.15, 0.2) is 11.5 Å². The Morgan fingerprint density at radius 3 is 3.00 bits per heavy atom. The van der Waals surface area contributed by atoms with Crippen LogP contribution in [0.2, 0.25) is 5.02 Å². The van der Waals surface area contributed by atoms with Gasteiger partial charge >= 0.3 is 0 Å². The molecular formula is C9H9ClFN5O2. The van der Waals surface area contributed by atoms with Crippen LogP contribution in [0.5, 0.6) is 0 Å². The van der Waals surface area contributed by atoms with Crippen LogP contribution in [-0.2, 0) is 4.94 Å². The molecule has 1 aliphatic heterocycles. The number of benzene rings is 1. The molecule has 1 atom stereocenters. The zero-order valence-corrected chi connectivity index (χ0v) is 9.65. The van der Waals surface area contributed by atoms with Crippen molar-refractivity contribution in [2.75, 3.05) is 0 Å². The summed E-state index contributed by atoms with van der Waals surface area (Å²) in [5.41, 5.74) is 10.2. The fourth-order valence-electron chi connectivity index (χ4n) is 1.26. The van der Waals surface area contributed by atoms with Gasteiger partial charge in [-0.1, -0.05) is 16.8 Å². The minimum absolute atomic E-state index is 0.0322. The van der Waals surface area contributed by atoms with Gasteiger partial charge in [0.25, 0.3) is 0 Å². The van der Waals surface area contributed by atoms with Crippen molar-refractivity contribution in [3.8, 4) is 0 Å². The maximum atomic E-state index is 13.0. The van der Waals surface area contributed by atoms with Gasteiger partial charge in [-0.2, -0.15) is 0 Å². The van der Waals surface area contributed by atoms with E-state index in [0.717, 1.165) is 6.07 Å². The second-order valence-electron chi connectivity index (χ2n) is 3.33. The third-order valence-corrected chi connectivity index (χ3v) is 2.40. The Balaban J connectivity index is 2.31. The van der Waals surface area contributed by atoms with Gasteiger partial charge in [0.2, 0.25) is 0 Å². The lowest BCUT2D eigenvalue weighted by atomic mass is 10.2. The van der Waals surface area contributed by atoms with Crippen molar-refractivity contribution in [1.29, 1.82) is 0 Å². The molecule has 0 amide bonds. The molecule has 18 heavy (non-hydrogen) atoms. The minimum Gasteiger partial charge on any atom is -0.308 e. The SMILES string of the molecule is NC1NON=C1C(=Nc1ccc(F)c(Cl)c1)NO. The summed E-state index contributed by atoms with van der Waals surface area (Å²) < 4.78 is 13.0. The van der Waals surface area contributed by atoms with Crippen molar-refractivity contribution >= 4 is 28.8 Å². The molecule has 0 bridgehead atoms. The maximum absolute atomic E-state index is 13.0. The second-order valence-corrected chi connectivity index (χ2v) is 3.74. The molecule has 0 fully saturated rings. The van der Waals surface area contributed by atoms with E-state index in [-0.39, 0.29) is 16.6 Å². The van der Waals surface area contributed by atoms with E-state index in [0.29, 0.717) is 5.69 Å². The van der Waals surface area contributed by atoms with E-state index in [2.05, 4.69) is 20.6 Å². The van der Waals surface area contributed by atoms with Crippen LogP contribution in [0.4, 0.5) is 10.1 Å². The second kappa shape index (κ2) is 5.27. The highest BCUT2D eigenvalue weighted by atomic mass is 35.5. The van der Waals surface area contributed by atoms with Crippen molar-refractivity contribution in [2.45, 2.75) is 6.17 Å². The Kier molecular flexibility index (Phi) is 3.72. The van der Waals surface area contributed by atoms with Crippen molar-refractivity contribution in [1.82, 2.24) is 11.0 Å². The molecule has 0 saturated carbocycles. The quantitative estimate of drug-likeness (QED) is 0.360. The van der Waals surface area contributed by atoms with E-state index in [9.17, 15) is 4.39 Å². The number of hydrogen-bond donors (Lipinski definition) is 4. The predicted molar refractivity (Wildman–Crippen MR) is 63.1 cm³/mol. The molecular weight excluding hydrogens is 265 g/mol. The van der Waals surface area contributed by atoms with E-state index in [1.54, 1.807) is 0 Å². The van der Waals surface area contributed by atoms with Crippen LogP contribution in [0.1, 0.15) is 0 Å². The molecule has 0 aliphatic carbocycles. The monoisotopic (exact) mass is 273 g/mol. The number of nitrogens with one attached hydrogen (secondary N) is 2. The lowest BCUT2D eigenvalue weighted by Crippen LogP contribution is -2.45. The standard InChI is InChI=1S/C9H9ClFN5O2/c10-5-3-4(1-2-6(5)11)13-9(14-17)7-8(12)16-18-15-7/h1-3,8,16-17H,12H2,(H,13,14). The Bertz CT molecular complexity index is 522. The first-order chi connectivity index (χ1) is 8.61. The minimum atomic E-state index is -0.737. The molecule has 1 aromatic rings. The van der Waals surface area contributed by atoms with Crippen LogP contribution in [0.3, 0.4) is 0 Å². The third-order valence-electron chi connectivity index (χ3n) is 2.11. The summed E-state index contributed by atoms with van der Waals surface area (Å²) in [6.07, 6.45) is -0.737. The molecule has 1 aromatic carbocycles. The first kappa shape index (κ1) is 12.7. The third kappa shape index (κ3) is 2.57. The Hall–Kier alpha value is -1.74. The molecule has 0 saturated heterocycles. The van der Waals surface area contributed by atoms with E-state index in [1.807, 2.05) is 5.48 Å². The highest BCUT2D eigenvalue weighted by molar-refractivity contribution is 6.43. The molecule has 1 heterocycles. The first-order valence-electron chi connectivity index (χ1n) is 4.81. The van der Waals surface area contributed by atoms with E-state index < -0.39 is 12.0 Å². The molecule has 1 aliphatic rings. The fourth-order valence-corrected chi connectivity index (χ4v) is 1.43. The molecule has 2 rings (SSSR count). The van der Waals surface area contributed by atoms with Gasteiger partial charge in [0.1, 0.15) is 12.0 Å². The maximum Gasteiger partial charge on any atom is 0.178 e. The molecule has 0 aromatic heterocycles. The van der Waals surface area contributed by atoms with Gasteiger partial charge in [-0.05, 0) is 18.2 Å². The zero-order chi connectivity index (χ0) is 13.1. The highest BCUT2D eigenvalue weighted by Crippen LogP contribution is 2.21. The number of nitrogens with two attached hydrogens (primary N) is 1. The topological polar surface area (TPSA) is 104 Å². The smallest absolute Gasteiger partial charge is 0.178 e. The summed E-state index contributed by atoms with van der Waals surface area (Å²) >= 11 is 5.61. The van der Waals surface area contributed by atoms with Crippen LogP contribution in [0.15, 0.2) is 28.3 Å². The average molecular weight is 274 g/mol. The molecule has 0 spiro atoms. The summed E-state index contributed by atoms with van der Waals surface area (Å²) in [6, 6.07) is 3.83. The molecule has 96 valence electrons. The number of aliphatic imine (C=N–C) groups is 1. The van der Waals surface area contributed by atoms with Gasteiger partial charge in [0, 0.05) is 0 Å². The number of hydroxylamine groups is 2. The van der Waals surface area contributed by atoms with Gasteiger partial charge < -0.3 is 5.73 Å². The predicted octanol–water partition coefficient (Wildman–Crippen LogP) is 0.664. The van der Waals surface area contributed by atoms with E-state index >= 15 is 0 Å². The van der Waals surface area contributed by atoms with Crippen LogP contribution >= 0.6 is 11.6 Å². The van der Waals surface area contributed by atoms with Gasteiger partial charge in [-0.25, -0.2) is 9.38 Å². The molecule has 5 N–H and O–H groups in total. The summed E-state index contributed by atoms with van der Waals surface area (Å²) in [7, 11) is 0. The summed E-state index contributed by atoms with van der Waals surface area (Å²) in [5, 5.41) is 12.4. The van der Waals surface area contributed by atoms with Crippen molar-refractivity contribution in [2.24, 2.45) is 15.9 Å². The van der Waals surface area contributed by atoms with Crippen LogP contribution in [-0.4, -0.2) is 22.9 Å². The van der Waals surface area contributed by atoms with E-state index in [4.69, 9.17) is 22.5 Å². The van der Waals surface area contributed by atoms with Crippen molar-refractivity contribution in [3.05, 3.63) is 29.0 Å². The lowest BCUT2D eigenvalue weighted by Gasteiger charge is -2.06. The number of nitrogens with zero attached hydrogens (tertiary/aromatic N) is 2. The largest absolute Gasteiger partial charge is 0.308 e. The molecule has 7 nitrogen and oxygen atoms in total. The summed E-state index contributed by atoms with van der Waals surface area (Å²) in [5.74, 6) is -0.593. The molecule has 1 unspecified atom stereocenters. The van der Waals surface area contributed by atoms with Crippen molar-refractivity contribution < 1.29 is 14.5 Å². The number of hydrogen-bond acceptors (Lipinski definition) is 6. The van der Waals surface area contributed by atoms with Crippen LogP contribution < -0.4 is 16.7 Å². The molecule has 0 radical (unpaired) electrons. The highest BCUT2D eigenvalue weighted by Gasteiger charge is 2.24. The van der Waals surface area contributed by atoms with Crippen LogP contribution in [0, 0.1) is 5.82 Å². The average Bonchev–Trinajstić information content (AvgIpc) is 2.77. The van der Waals surface area contributed by atoms with Gasteiger partial charge in [0.05, 0.1) is 10.7 Å². The lowest BCUT2D eigenvalue weighted by molar-refractivity contribution is 0.0610. The Morgan fingerprint density at radius 2 is 2.44 bits per heavy atom. The van der Waals surface area contributed by atoms with Crippen molar-refractivity contribution in [3.63, 3.8) is 0 Å². The first-order valence-corrected chi connectivity index (χ1v) is 5.19. The summed E-state index contributed by atoms with van der Waals surface area (Å²) in [4.78, 5) is 8.51. The van der Waals surface area contributed by atoms with Gasteiger partial charge in [-0.3, -0.25) is 15.6 Å². The van der Waals surface area contributed by atoms with E-state index in [1.165, 1.54) is 12.1 Å². The summed E-state index contributed by atoms with van der Waals surface area (Å²) in [6.45, 7) is 0. The fraction of sp³-hybridized carbons (Fsp3) is 0.111. The number of halogens is 2. The normalized spacial score (nSPS) is 19.4.